The van der Waals surface area contributed by atoms with Gasteiger partial charge in [0.1, 0.15) is 5.01 Å². The molecular formula is C16H19N3OS. The number of carbonyl (C=O) groups excluding carboxylic acids is 1. The Balaban J connectivity index is 1.61. The van der Waals surface area contributed by atoms with Gasteiger partial charge in [-0.05, 0) is 37.1 Å². The van der Waals surface area contributed by atoms with Crippen molar-refractivity contribution in [2.45, 2.75) is 37.6 Å². The van der Waals surface area contributed by atoms with Crippen molar-refractivity contribution in [1.29, 1.82) is 0 Å². The van der Waals surface area contributed by atoms with Gasteiger partial charge in [0.15, 0.2) is 0 Å². The van der Waals surface area contributed by atoms with E-state index in [1.807, 2.05) is 29.6 Å². The Kier molecular flexibility index (Phi) is 4.03. The number of nitrogens with two attached hydrogens (primary N) is 1. The van der Waals surface area contributed by atoms with Gasteiger partial charge in [0.2, 0.25) is 5.91 Å². The molecule has 0 unspecified atom stereocenters. The molecule has 110 valence electrons. The average Bonchev–Trinajstić information content (AvgIpc) is 3.11. The molecule has 2 aromatic rings. The van der Waals surface area contributed by atoms with E-state index in [1.165, 1.54) is 0 Å². The molecule has 3 N–H and O–H groups in total. The molecule has 3 rings (SSSR count). The van der Waals surface area contributed by atoms with Crippen molar-refractivity contribution in [3.05, 3.63) is 35.8 Å². The van der Waals surface area contributed by atoms with Crippen molar-refractivity contribution in [2.24, 2.45) is 5.73 Å². The van der Waals surface area contributed by atoms with Crippen LogP contribution in [0, 0.1) is 0 Å². The molecule has 0 atom stereocenters. The zero-order valence-electron chi connectivity index (χ0n) is 11.8. The first-order valence-electron chi connectivity index (χ1n) is 7.23. The van der Waals surface area contributed by atoms with Crippen LogP contribution in [-0.2, 0) is 4.79 Å². The monoisotopic (exact) mass is 301 g/mol. The highest BCUT2D eigenvalue weighted by Crippen LogP contribution is 2.30. The van der Waals surface area contributed by atoms with Crippen LogP contribution in [0.25, 0.3) is 10.6 Å². The number of benzene rings is 1. The quantitative estimate of drug-likeness (QED) is 0.909. The molecule has 1 aromatic carbocycles. The molecule has 1 fully saturated rings. The van der Waals surface area contributed by atoms with Gasteiger partial charge in [-0.25, -0.2) is 4.98 Å². The summed E-state index contributed by atoms with van der Waals surface area (Å²) in [6, 6.07) is 7.77. The van der Waals surface area contributed by atoms with Crippen molar-refractivity contribution in [3.63, 3.8) is 0 Å². The Labute approximate surface area is 128 Å². The predicted molar refractivity (Wildman–Crippen MR) is 86.2 cm³/mol. The SMILES string of the molecule is NC1(CC(=O)Nc2ccc(-c3nccs3)cc2)CCCC1. The fraction of sp³-hybridized carbons (Fsp3) is 0.375. The van der Waals surface area contributed by atoms with Gasteiger partial charge < -0.3 is 11.1 Å². The lowest BCUT2D eigenvalue weighted by atomic mass is 9.94. The topological polar surface area (TPSA) is 68.0 Å². The van der Waals surface area contributed by atoms with Gasteiger partial charge in [0.25, 0.3) is 0 Å². The minimum atomic E-state index is -0.301. The molecule has 21 heavy (non-hydrogen) atoms. The molecule has 1 heterocycles. The third-order valence-electron chi connectivity index (χ3n) is 3.96. The van der Waals surface area contributed by atoms with Crippen molar-refractivity contribution in [2.75, 3.05) is 5.32 Å². The van der Waals surface area contributed by atoms with Crippen LogP contribution in [0.4, 0.5) is 5.69 Å². The van der Waals surface area contributed by atoms with Crippen LogP contribution in [0.3, 0.4) is 0 Å². The fourth-order valence-electron chi connectivity index (χ4n) is 2.84. The zero-order valence-corrected chi connectivity index (χ0v) is 12.7. The summed E-state index contributed by atoms with van der Waals surface area (Å²) in [5.74, 6) is 0.00130. The summed E-state index contributed by atoms with van der Waals surface area (Å²) in [6.07, 6.45) is 6.35. The number of rotatable bonds is 4. The number of thiazole rings is 1. The highest BCUT2D eigenvalue weighted by atomic mass is 32.1. The Hall–Kier alpha value is -1.72. The normalized spacial score (nSPS) is 16.8. The molecule has 1 aliphatic carbocycles. The second kappa shape index (κ2) is 5.95. The fourth-order valence-corrected chi connectivity index (χ4v) is 3.49. The van der Waals surface area contributed by atoms with E-state index in [1.54, 1.807) is 17.5 Å². The number of anilines is 1. The van der Waals surface area contributed by atoms with Crippen LogP contribution >= 0.6 is 11.3 Å². The third kappa shape index (κ3) is 3.49. The van der Waals surface area contributed by atoms with E-state index in [-0.39, 0.29) is 11.4 Å². The van der Waals surface area contributed by atoms with Gasteiger partial charge in [-0.2, -0.15) is 0 Å². The summed E-state index contributed by atoms with van der Waals surface area (Å²) >= 11 is 1.60. The van der Waals surface area contributed by atoms with E-state index in [0.717, 1.165) is 41.9 Å². The van der Waals surface area contributed by atoms with Crippen LogP contribution in [0.5, 0.6) is 0 Å². The maximum Gasteiger partial charge on any atom is 0.226 e. The van der Waals surface area contributed by atoms with Crippen molar-refractivity contribution >= 4 is 22.9 Å². The molecule has 0 saturated heterocycles. The Morgan fingerprint density at radius 2 is 2.00 bits per heavy atom. The van der Waals surface area contributed by atoms with E-state index in [9.17, 15) is 4.79 Å². The van der Waals surface area contributed by atoms with Crippen molar-refractivity contribution in [1.82, 2.24) is 4.98 Å². The van der Waals surface area contributed by atoms with E-state index >= 15 is 0 Å². The zero-order chi connectivity index (χ0) is 14.7. The van der Waals surface area contributed by atoms with Gasteiger partial charge in [-0.15, -0.1) is 11.3 Å². The average molecular weight is 301 g/mol. The lowest BCUT2D eigenvalue weighted by molar-refractivity contribution is -0.117. The summed E-state index contributed by atoms with van der Waals surface area (Å²) in [4.78, 5) is 16.4. The highest BCUT2D eigenvalue weighted by Gasteiger charge is 2.31. The number of hydrogen-bond acceptors (Lipinski definition) is 4. The molecular weight excluding hydrogens is 282 g/mol. The first-order valence-corrected chi connectivity index (χ1v) is 8.11. The van der Waals surface area contributed by atoms with Gasteiger partial charge in [-0.3, -0.25) is 4.79 Å². The van der Waals surface area contributed by atoms with Crippen LogP contribution < -0.4 is 11.1 Å². The van der Waals surface area contributed by atoms with Crippen LogP contribution in [-0.4, -0.2) is 16.4 Å². The summed E-state index contributed by atoms with van der Waals surface area (Å²) in [5, 5.41) is 5.87. The largest absolute Gasteiger partial charge is 0.326 e. The Morgan fingerprint density at radius 1 is 1.29 bits per heavy atom. The number of aromatic nitrogens is 1. The van der Waals surface area contributed by atoms with E-state index in [4.69, 9.17) is 5.73 Å². The second-order valence-electron chi connectivity index (χ2n) is 5.71. The molecule has 4 nitrogen and oxygen atoms in total. The molecule has 0 bridgehead atoms. The van der Waals surface area contributed by atoms with E-state index in [0.29, 0.717) is 6.42 Å². The first kappa shape index (κ1) is 14.2. The Bertz CT molecular complexity index is 601. The number of hydrogen-bond donors (Lipinski definition) is 2. The van der Waals surface area contributed by atoms with Crippen LogP contribution in [0.15, 0.2) is 35.8 Å². The van der Waals surface area contributed by atoms with Gasteiger partial charge in [-0.1, -0.05) is 12.8 Å². The summed E-state index contributed by atoms with van der Waals surface area (Å²) < 4.78 is 0. The second-order valence-corrected chi connectivity index (χ2v) is 6.60. The predicted octanol–water partition coefficient (Wildman–Crippen LogP) is 3.41. The standard InChI is InChI=1S/C16H19N3OS/c17-16(7-1-2-8-16)11-14(20)19-13-5-3-12(4-6-13)15-18-9-10-21-15/h3-6,9-10H,1-2,7-8,11,17H2,(H,19,20). The number of nitrogens with one attached hydrogen (secondary N) is 1. The lowest BCUT2D eigenvalue weighted by Crippen LogP contribution is -2.40. The summed E-state index contributed by atoms with van der Waals surface area (Å²) in [5.41, 5.74) is 7.80. The molecule has 0 radical (unpaired) electrons. The molecule has 1 aromatic heterocycles. The van der Waals surface area contributed by atoms with Gasteiger partial charge in [0.05, 0.1) is 0 Å². The number of carbonyl (C=O) groups is 1. The molecule has 0 spiro atoms. The first-order chi connectivity index (χ1) is 10.1. The lowest BCUT2D eigenvalue weighted by Gasteiger charge is -2.22. The van der Waals surface area contributed by atoms with Crippen LogP contribution in [0.2, 0.25) is 0 Å². The Morgan fingerprint density at radius 3 is 2.62 bits per heavy atom. The van der Waals surface area contributed by atoms with Gasteiger partial charge >= 0.3 is 0 Å². The minimum absolute atomic E-state index is 0.00130. The maximum atomic E-state index is 12.1. The molecule has 1 saturated carbocycles. The van der Waals surface area contributed by atoms with Gasteiger partial charge in [0, 0.05) is 34.8 Å². The maximum absolute atomic E-state index is 12.1. The van der Waals surface area contributed by atoms with Crippen LogP contribution in [0.1, 0.15) is 32.1 Å². The third-order valence-corrected chi connectivity index (χ3v) is 4.78. The number of amides is 1. The minimum Gasteiger partial charge on any atom is -0.326 e. The molecule has 0 aliphatic heterocycles. The molecule has 1 aliphatic rings. The van der Waals surface area contributed by atoms with E-state index in [2.05, 4.69) is 10.3 Å². The number of nitrogens with zero attached hydrogens (tertiary/aromatic N) is 1. The highest BCUT2D eigenvalue weighted by molar-refractivity contribution is 7.13. The van der Waals surface area contributed by atoms with Crippen molar-refractivity contribution < 1.29 is 4.79 Å². The molecule has 5 heteroatoms. The summed E-state index contributed by atoms with van der Waals surface area (Å²) in [6.45, 7) is 0. The van der Waals surface area contributed by atoms with Crippen molar-refractivity contribution in [3.8, 4) is 10.6 Å². The smallest absolute Gasteiger partial charge is 0.226 e. The van der Waals surface area contributed by atoms with E-state index < -0.39 is 0 Å². The summed E-state index contributed by atoms with van der Waals surface area (Å²) in [7, 11) is 0. The molecule has 1 amide bonds.